The van der Waals surface area contributed by atoms with Gasteiger partial charge in [-0.1, -0.05) is 82.0 Å². The van der Waals surface area contributed by atoms with E-state index in [4.69, 9.17) is 0 Å². The minimum Gasteiger partial charge on any atom is -0.297 e. The minimum absolute atomic E-state index is 0.247. The van der Waals surface area contributed by atoms with E-state index in [1.54, 1.807) is 0 Å². The monoisotopic (exact) mass is 355 g/mol. The number of hydrogen-bond donors (Lipinski definition) is 0. The van der Waals surface area contributed by atoms with Crippen molar-refractivity contribution in [1.82, 2.24) is 4.90 Å². The van der Waals surface area contributed by atoms with Crippen LogP contribution >= 0.6 is 0 Å². The zero-order valence-corrected chi connectivity index (χ0v) is 17.9. The molecule has 1 nitrogen and oxygen atoms in total. The zero-order valence-electron chi connectivity index (χ0n) is 17.9. The molecule has 0 saturated carbocycles. The molecule has 1 aromatic rings. The highest BCUT2D eigenvalue weighted by molar-refractivity contribution is 5.25. The van der Waals surface area contributed by atoms with E-state index in [2.05, 4.69) is 75.9 Å². The van der Waals surface area contributed by atoms with Crippen LogP contribution in [0.4, 0.5) is 0 Å². The molecule has 0 aromatic heterocycles. The molecular weight excluding hydrogens is 314 g/mol. The van der Waals surface area contributed by atoms with Crippen molar-refractivity contribution in [1.29, 1.82) is 0 Å². The summed E-state index contributed by atoms with van der Waals surface area (Å²) in [5.74, 6) is 0.963. The smallest absolute Gasteiger partial charge is 0.0288 e. The van der Waals surface area contributed by atoms with Crippen LogP contribution < -0.4 is 0 Å². The molecular formula is C25H41N. The molecule has 0 N–H and O–H groups in total. The molecule has 0 amide bonds. The maximum absolute atomic E-state index is 2.77. The molecule has 0 aliphatic carbocycles. The Bertz CT molecular complexity index is 535. The number of hydrogen-bond acceptors (Lipinski definition) is 1. The van der Waals surface area contributed by atoms with Crippen molar-refractivity contribution in [2.45, 2.75) is 91.0 Å². The number of nitrogens with zero attached hydrogens (tertiary/aromatic N) is 1. The number of benzene rings is 1. The van der Waals surface area contributed by atoms with Crippen LogP contribution in [0.5, 0.6) is 0 Å². The van der Waals surface area contributed by atoms with Gasteiger partial charge in [0.1, 0.15) is 0 Å². The van der Waals surface area contributed by atoms with Crippen molar-refractivity contribution in [3.8, 4) is 0 Å². The molecule has 1 saturated heterocycles. The van der Waals surface area contributed by atoms with Crippen LogP contribution in [-0.4, -0.2) is 24.0 Å². The zero-order chi connectivity index (χ0) is 19.0. The summed E-state index contributed by atoms with van der Waals surface area (Å²) in [6.45, 7) is 14.2. The average molecular weight is 356 g/mol. The summed E-state index contributed by atoms with van der Waals surface area (Å²) in [5, 5.41) is 0. The summed E-state index contributed by atoms with van der Waals surface area (Å²) < 4.78 is 0. The Labute approximate surface area is 162 Å². The Hall–Kier alpha value is -1.08. The second kappa shape index (κ2) is 10.3. The fourth-order valence-corrected chi connectivity index (χ4v) is 4.51. The summed E-state index contributed by atoms with van der Waals surface area (Å²) in [5.41, 5.74) is 3.19. The third kappa shape index (κ3) is 5.98. The van der Waals surface area contributed by atoms with E-state index < -0.39 is 0 Å². The predicted molar refractivity (Wildman–Crippen MR) is 116 cm³/mol. The first-order valence-corrected chi connectivity index (χ1v) is 10.9. The molecule has 2 atom stereocenters. The van der Waals surface area contributed by atoms with Crippen molar-refractivity contribution in [2.75, 3.05) is 13.1 Å². The van der Waals surface area contributed by atoms with Gasteiger partial charge in [-0.3, -0.25) is 4.90 Å². The van der Waals surface area contributed by atoms with Crippen molar-refractivity contribution >= 4 is 0 Å². The summed E-state index contributed by atoms with van der Waals surface area (Å²) in [4.78, 5) is 2.77. The first-order valence-electron chi connectivity index (χ1n) is 10.9. The number of unbranched alkanes of at least 4 members (excludes halogenated alkanes) is 1. The van der Waals surface area contributed by atoms with Crippen molar-refractivity contribution in [3.63, 3.8) is 0 Å². The van der Waals surface area contributed by atoms with Gasteiger partial charge in [0.05, 0.1) is 0 Å². The van der Waals surface area contributed by atoms with Crippen LogP contribution in [-0.2, 0) is 5.41 Å². The van der Waals surface area contributed by atoms with Gasteiger partial charge in [0, 0.05) is 6.04 Å². The van der Waals surface area contributed by atoms with E-state index in [1.807, 2.05) is 0 Å². The van der Waals surface area contributed by atoms with Gasteiger partial charge in [-0.2, -0.15) is 0 Å². The molecule has 1 aliphatic heterocycles. The number of likely N-dealkylation sites (tertiary alicyclic amines) is 1. The van der Waals surface area contributed by atoms with E-state index >= 15 is 0 Å². The van der Waals surface area contributed by atoms with Gasteiger partial charge in [-0.15, -0.1) is 0 Å². The average Bonchev–Trinajstić information content (AvgIpc) is 2.66. The predicted octanol–water partition coefficient (Wildman–Crippen LogP) is 6.98. The molecule has 2 unspecified atom stereocenters. The van der Waals surface area contributed by atoms with Crippen molar-refractivity contribution < 1.29 is 0 Å². The first kappa shape index (κ1) is 21.2. The Morgan fingerprint density at radius 2 is 1.81 bits per heavy atom. The maximum Gasteiger partial charge on any atom is 0.0288 e. The lowest BCUT2D eigenvalue weighted by atomic mass is 9.74. The lowest BCUT2D eigenvalue weighted by molar-refractivity contribution is 0.129. The Kier molecular flexibility index (Phi) is 8.41. The molecule has 1 aromatic carbocycles. The summed E-state index contributed by atoms with van der Waals surface area (Å²) in [6, 6.07) is 11.7. The van der Waals surface area contributed by atoms with E-state index in [-0.39, 0.29) is 5.41 Å². The molecule has 0 spiro atoms. The van der Waals surface area contributed by atoms with Gasteiger partial charge in [-0.25, -0.2) is 0 Å². The molecule has 2 rings (SSSR count). The lowest BCUT2D eigenvalue weighted by Crippen LogP contribution is -2.43. The normalized spacial score (nSPS) is 19.7. The highest BCUT2D eigenvalue weighted by atomic mass is 15.2. The van der Waals surface area contributed by atoms with Gasteiger partial charge in [0.25, 0.3) is 0 Å². The van der Waals surface area contributed by atoms with Crippen LogP contribution in [0.15, 0.2) is 42.0 Å². The van der Waals surface area contributed by atoms with Crippen molar-refractivity contribution in [3.05, 3.63) is 47.5 Å². The fraction of sp³-hybridized carbons (Fsp3) is 0.680. The SMILES string of the molecule is CCCCC1CCN(C(C=C(C)C)CC(C)(CC)c2ccccc2)CC1. The van der Waals surface area contributed by atoms with E-state index in [9.17, 15) is 0 Å². The summed E-state index contributed by atoms with van der Waals surface area (Å²) >= 11 is 0. The highest BCUT2D eigenvalue weighted by Crippen LogP contribution is 2.35. The van der Waals surface area contributed by atoms with Crippen LogP contribution in [0.25, 0.3) is 0 Å². The van der Waals surface area contributed by atoms with Gasteiger partial charge in [0.2, 0.25) is 0 Å². The third-order valence-electron chi connectivity index (χ3n) is 6.52. The second-order valence-corrected chi connectivity index (χ2v) is 8.92. The van der Waals surface area contributed by atoms with E-state index in [0.29, 0.717) is 6.04 Å². The molecule has 1 heteroatoms. The van der Waals surface area contributed by atoms with Gasteiger partial charge >= 0.3 is 0 Å². The standard InChI is InChI=1S/C25H41N/c1-6-8-12-22-15-17-26(18-16-22)24(19-21(3)4)20-25(5,7-2)23-13-10-9-11-14-23/h9-11,13-14,19,22,24H,6-8,12,15-18,20H2,1-5H3. The largest absolute Gasteiger partial charge is 0.297 e. The number of allylic oxidation sites excluding steroid dienone is 1. The van der Waals surface area contributed by atoms with E-state index in [1.165, 1.54) is 69.2 Å². The third-order valence-corrected chi connectivity index (χ3v) is 6.52. The summed E-state index contributed by atoms with van der Waals surface area (Å²) in [6.07, 6.45) is 11.9. The molecule has 1 fully saturated rings. The highest BCUT2D eigenvalue weighted by Gasteiger charge is 2.31. The summed E-state index contributed by atoms with van der Waals surface area (Å²) in [7, 11) is 0. The Morgan fingerprint density at radius 3 is 2.35 bits per heavy atom. The van der Waals surface area contributed by atoms with E-state index in [0.717, 1.165) is 5.92 Å². The molecule has 0 bridgehead atoms. The maximum atomic E-state index is 2.77. The quantitative estimate of drug-likeness (QED) is 0.432. The first-order chi connectivity index (χ1) is 12.5. The second-order valence-electron chi connectivity index (χ2n) is 8.92. The van der Waals surface area contributed by atoms with Crippen LogP contribution in [0.2, 0.25) is 0 Å². The molecule has 146 valence electrons. The minimum atomic E-state index is 0.247. The molecule has 26 heavy (non-hydrogen) atoms. The van der Waals surface area contributed by atoms with Crippen molar-refractivity contribution in [2.24, 2.45) is 5.92 Å². The van der Waals surface area contributed by atoms with Crippen LogP contribution in [0, 0.1) is 5.92 Å². The van der Waals surface area contributed by atoms with Gasteiger partial charge < -0.3 is 0 Å². The van der Waals surface area contributed by atoms with Gasteiger partial charge in [0.15, 0.2) is 0 Å². The number of piperidine rings is 1. The molecule has 1 aliphatic rings. The molecule has 0 radical (unpaired) electrons. The Balaban J connectivity index is 2.09. The Morgan fingerprint density at radius 1 is 1.15 bits per heavy atom. The van der Waals surface area contributed by atoms with Gasteiger partial charge in [-0.05, 0) is 69.5 Å². The lowest BCUT2D eigenvalue weighted by Gasteiger charge is -2.41. The van der Waals surface area contributed by atoms with Crippen LogP contribution in [0.1, 0.15) is 85.1 Å². The molecule has 1 heterocycles. The topological polar surface area (TPSA) is 3.24 Å². The number of rotatable bonds is 9. The van der Waals surface area contributed by atoms with Crippen LogP contribution in [0.3, 0.4) is 0 Å². The fourth-order valence-electron chi connectivity index (χ4n) is 4.51.